The zero-order valence-electron chi connectivity index (χ0n) is 11.7. The fraction of sp³-hybridized carbons (Fsp3) is 0.500. The van der Waals surface area contributed by atoms with Crippen molar-refractivity contribution in [1.82, 2.24) is 0 Å². The van der Waals surface area contributed by atoms with Crippen molar-refractivity contribution in [2.24, 2.45) is 5.92 Å². The minimum Gasteiger partial charge on any atom is -0.496 e. The summed E-state index contributed by atoms with van der Waals surface area (Å²) in [6.45, 7) is 3.05. The van der Waals surface area contributed by atoms with Gasteiger partial charge in [-0.25, -0.2) is 0 Å². The van der Waals surface area contributed by atoms with Crippen LogP contribution >= 0.6 is 0 Å². The highest BCUT2D eigenvalue weighted by Crippen LogP contribution is 2.52. The van der Waals surface area contributed by atoms with Crippen LogP contribution in [0.25, 0.3) is 0 Å². The Hall–Kier alpha value is -1.64. The van der Waals surface area contributed by atoms with Crippen LogP contribution in [0.4, 0.5) is 0 Å². The van der Waals surface area contributed by atoms with E-state index in [1.165, 1.54) is 5.56 Å². The maximum Gasteiger partial charge on any atom is 0.130 e. The molecule has 0 bridgehead atoms. The summed E-state index contributed by atoms with van der Waals surface area (Å²) >= 11 is 0. The van der Waals surface area contributed by atoms with E-state index in [1.807, 2.05) is 12.1 Å². The molecule has 0 saturated heterocycles. The molecule has 0 amide bonds. The molecule has 0 radical (unpaired) electrons. The van der Waals surface area contributed by atoms with Crippen molar-refractivity contribution >= 4 is 0 Å². The standard InChI is InChI=1S/C16H20O3/c1-16-7-5-4-6-11(16)10-19-14-9-12(17-2)8-13(18-3)15(14)16/h4,6,8-9,11H,5,7,10H2,1-3H3/t11-,16+/m1/s1. The number of rotatable bonds is 2. The highest BCUT2D eigenvalue weighted by atomic mass is 16.5. The monoisotopic (exact) mass is 260 g/mol. The summed E-state index contributed by atoms with van der Waals surface area (Å²) in [4.78, 5) is 0. The van der Waals surface area contributed by atoms with Crippen LogP contribution in [0.15, 0.2) is 24.3 Å². The van der Waals surface area contributed by atoms with Gasteiger partial charge >= 0.3 is 0 Å². The second kappa shape index (κ2) is 4.48. The maximum absolute atomic E-state index is 5.93. The van der Waals surface area contributed by atoms with Crippen molar-refractivity contribution in [3.8, 4) is 17.2 Å². The first-order valence-corrected chi connectivity index (χ1v) is 6.75. The summed E-state index contributed by atoms with van der Waals surface area (Å²) in [7, 11) is 3.37. The lowest BCUT2D eigenvalue weighted by Gasteiger charge is -2.44. The zero-order chi connectivity index (χ0) is 13.5. The van der Waals surface area contributed by atoms with Crippen LogP contribution in [0, 0.1) is 5.92 Å². The Balaban J connectivity index is 2.18. The van der Waals surface area contributed by atoms with Crippen molar-refractivity contribution in [3.05, 3.63) is 29.8 Å². The van der Waals surface area contributed by atoms with Crippen molar-refractivity contribution < 1.29 is 14.2 Å². The third kappa shape index (κ3) is 1.79. The average Bonchev–Trinajstić information content (AvgIpc) is 2.45. The predicted octanol–water partition coefficient (Wildman–Crippen LogP) is 3.32. The van der Waals surface area contributed by atoms with Crippen molar-refractivity contribution in [2.45, 2.75) is 25.2 Å². The molecule has 0 spiro atoms. The second-order valence-corrected chi connectivity index (χ2v) is 5.50. The van der Waals surface area contributed by atoms with Gasteiger partial charge in [-0.2, -0.15) is 0 Å². The number of fused-ring (bicyclic) bond motifs is 3. The molecule has 1 heterocycles. The predicted molar refractivity (Wildman–Crippen MR) is 74.3 cm³/mol. The Bertz CT molecular complexity index is 504. The summed E-state index contributed by atoms with van der Waals surface area (Å²) in [5, 5.41) is 0. The van der Waals surface area contributed by atoms with Crippen LogP contribution in [-0.2, 0) is 5.41 Å². The van der Waals surface area contributed by atoms with Crippen molar-refractivity contribution in [2.75, 3.05) is 20.8 Å². The number of methoxy groups -OCH3 is 2. The molecule has 0 saturated carbocycles. The van der Waals surface area contributed by atoms with Crippen LogP contribution < -0.4 is 14.2 Å². The van der Waals surface area contributed by atoms with Gasteiger partial charge in [0, 0.05) is 29.0 Å². The molecule has 2 atom stereocenters. The molecular formula is C16H20O3. The first-order valence-electron chi connectivity index (χ1n) is 6.75. The molecule has 0 fully saturated rings. The van der Waals surface area contributed by atoms with Gasteiger partial charge in [0.05, 0.1) is 20.8 Å². The van der Waals surface area contributed by atoms with Crippen LogP contribution in [0.5, 0.6) is 17.2 Å². The van der Waals surface area contributed by atoms with Crippen molar-refractivity contribution in [1.29, 1.82) is 0 Å². The van der Waals surface area contributed by atoms with Gasteiger partial charge in [0.2, 0.25) is 0 Å². The molecule has 1 aliphatic heterocycles. The molecule has 0 aromatic heterocycles. The Morgan fingerprint density at radius 1 is 1.26 bits per heavy atom. The van der Waals surface area contributed by atoms with E-state index >= 15 is 0 Å². The van der Waals surface area contributed by atoms with Gasteiger partial charge < -0.3 is 14.2 Å². The third-order valence-corrected chi connectivity index (χ3v) is 4.50. The molecule has 0 N–H and O–H groups in total. The normalized spacial score (nSPS) is 28.1. The number of hydrogen-bond acceptors (Lipinski definition) is 3. The highest BCUT2D eigenvalue weighted by molar-refractivity contribution is 5.56. The average molecular weight is 260 g/mol. The fourth-order valence-electron chi connectivity index (χ4n) is 3.29. The number of ether oxygens (including phenoxy) is 3. The van der Waals surface area contributed by atoms with Crippen LogP contribution in [0.1, 0.15) is 25.3 Å². The summed E-state index contributed by atoms with van der Waals surface area (Å²) < 4.78 is 16.8. The lowest BCUT2D eigenvalue weighted by molar-refractivity contribution is 0.153. The van der Waals surface area contributed by atoms with E-state index in [-0.39, 0.29) is 5.41 Å². The van der Waals surface area contributed by atoms with E-state index in [0.29, 0.717) is 5.92 Å². The van der Waals surface area contributed by atoms with E-state index in [2.05, 4.69) is 19.1 Å². The van der Waals surface area contributed by atoms with Crippen LogP contribution in [0.3, 0.4) is 0 Å². The van der Waals surface area contributed by atoms with Gasteiger partial charge in [-0.1, -0.05) is 19.1 Å². The van der Waals surface area contributed by atoms with Gasteiger partial charge in [0.1, 0.15) is 17.2 Å². The maximum atomic E-state index is 5.93. The van der Waals surface area contributed by atoms with Gasteiger partial charge in [0.25, 0.3) is 0 Å². The summed E-state index contributed by atoms with van der Waals surface area (Å²) in [6.07, 6.45) is 6.79. The van der Waals surface area contributed by atoms with Gasteiger partial charge in [0.15, 0.2) is 0 Å². The summed E-state index contributed by atoms with van der Waals surface area (Å²) in [6, 6.07) is 3.92. The molecule has 19 heavy (non-hydrogen) atoms. The minimum absolute atomic E-state index is 0.0972. The Morgan fingerprint density at radius 3 is 2.84 bits per heavy atom. The Labute approximate surface area is 114 Å². The lowest BCUT2D eigenvalue weighted by Crippen LogP contribution is -2.40. The molecule has 3 rings (SSSR count). The highest BCUT2D eigenvalue weighted by Gasteiger charge is 2.43. The Kier molecular flexibility index (Phi) is 2.92. The number of benzene rings is 1. The summed E-state index contributed by atoms with van der Waals surface area (Å²) in [5.74, 6) is 2.99. The van der Waals surface area contributed by atoms with E-state index in [0.717, 1.165) is 36.7 Å². The smallest absolute Gasteiger partial charge is 0.130 e. The Morgan fingerprint density at radius 2 is 2.11 bits per heavy atom. The lowest BCUT2D eigenvalue weighted by atomic mass is 9.65. The van der Waals surface area contributed by atoms with E-state index < -0.39 is 0 Å². The first kappa shape index (κ1) is 12.4. The fourth-order valence-corrected chi connectivity index (χ4v) is 3.29. The molecule has 3 heteroatoms. The first-order chi connectivity index (χ1) is 9.19. The molecule has 102 valence electrons. The van der Waals surface area contributed by atoms with Crippen LogP contribution in [0.2, 0.25) is 0 Å². The van der Waals surface area contributed by atoms with Crippen LogP contribution in [-0.4, -0.2) is 20.8 Å². The second-order valence-electron chi connectivity index (χ2n) is 5.50. The third-order valence-electron chi connectivity index (χ3n) is 4.50. The van der Waals surface area contributed by atoms with E-state index in [9.17, 15) is 0 Å². The molecule has 3 nitrogen and oxygen atoms in total. The largest absolute Gasteiger partial charge is 0.496 e. The molecule has 1 aromatic carbocycles. The topological polar surface area (TPSA) is 27.7 Å². The van der Waals surface area contributed by atoms with E-state index in [1.54, 1.807) is 14.2 Å². The molecule has 2 aliphatic rings. The molecule has 0 unspecified atom stereocenters. The van der Waals surface area contributed by atoms with Gasteiger partial charge in [-0.05, 0) is 12.8 Å². The molecular weight excluding hydrogens is 240 g/mol. The van der Waals surface area contributed by atoms with Crippen molar-refractivity contribution in [3.63, 3.8) is 0 Å². The van der Waals surface area contributed by atoms with E-state index in [4.69, 9.17) is 14.2 Å². The summed E-state index contributed by atoms with van der Waals surface area (Å²) in [5.41, 5.74) is 1.29. The minimum atomic E-state index is 0.0972. The molecule has 1 aromatic rings. The quantitative estimate of drug-likeness (QED) is 0.763. The number of allylic oxidation sites excluding steroid dienone is 1. The zero-order valence-corrected chi connectivity index (χ0v) is 11.7. The van der Waals surface area contributed by atoms with Gasteiger partial charge in [-0.15, -0.1) is 0 Å². The molecule has 1 aliphatic carbocycles. The number of hydrogen-bond donors (Lipinski definition) is 0. The SMILES string of the molecule is COc1cc(OC)c2c(c1)OC[C@H]1C=CCC[C@]21C. The van der Waals surface area contributed by atoms with Gasteiger partial charge in [-0.3, -0.25) is 0 Å².